The number of halogens is 5. The fraction of sp³-hybridized carbons (Fsp3) is 0.520. The first-order valence-electron chi connectivity index (χ1n) is 11.7. The number of pyridine rings is 1. The van der Waals surface area contributed by atoms with Crippen LogP contribution in [0.3, 0.4) is 0 Å². The number of rotatable bonds is 4. The summed E-state index contributed by atoms with van der Waals surface area (Å²) in [7, 11) is 0. The summed E-state index contributed by atoms with van der Waals surface area (Å²) in [6, 6.07) is 6.93. The van der Waals surface area contributed by atoms with Crippen LogP contribution in [0.2, 0.25) is 10.0 Å². The van der Waals surface area contributed by atoms with Crippen LogP contribution in [-0.4, -0.2) is 28.4 Å². The largest absolute Gasteiger partial charge is 0.417 e. The van der Waals surface area contributed by atoms with Gasteiger partial charge in [-0.25, -0.2) is 0 Å². The molecule has 1 aromatic heterocycles. The molecule has 2 saturated carbocycles. The fourth-order valence-corrected chi connectivity index (χ4v) is 6.45. The second kappa shape index (κ2) is 8.99. The molecule has 2 heterocycles. The van der Waals surface area contributed by atoms with Crippen LogP contribution in [0.5, 0.6) is 0 Å². The van der Waals surface area contributed by atoms with Gasteiger partial charge in [0.1, 0.15) is 0 Å². The maximum Gasteiger partial charge on any atom is 0.417 e. The second-order valence-electron chi connectivity index (χ2n) is 9.82. The third-order valence-corrected chi connectivity index (χ3v) is 8.53. The predicted octanol–water partition coefficient (Wildman–Crippen LogP) is 6.03. The average molecular weight is 512 g/mol. The number of carbonyl (C=O) groups is 1. The van der Waals surface area contributed by atoms with Crippen molar-refractivity contribution in [1.82, 2.24) is 15.2 Å². The molecule has 2 fully saturated rings. The molecule has 1 N–H and O–H groups in total. The zero-order chi connectivity index (χ0) is 24.1. The van der Waals surface area contributed by atoms with Crippen molar-refractivity contribution < 1.29 is 18.0 Å². The quantitative estimate of drug-likeness (QED) is 0.544. The molecule has 0 saturated heterocycles. The van der Waals surface area contributed by atoms with Crippen LogP contribution in [0.15, 0.2) is 30.5 Å². The van der Waals surface area contributed by atoms with E-state index in [1.165, 1.54) is 0 Å². The highest BCUT2D eigenvalue weighted by Crippen LogP contribution is 2.55. The average Bonchev–Trinajstić information content (AvgIpc) is 3.36. The molecule has 3 atom stereocenters. The number of carbonyl (C=O) groups excluding carboxylic acids is 1. The number of aromatic nitrogens is 1. The lowest BCUT2D eigenvalue weighted by Gasteiger charge is -2.37. The summed E-state index contributed by atoms with van der Waals surface area (Å²) < 4.78 is 39.5. The van der Waals surface area contributed by atoms with Crippen LogP contribution < -0.4 is 5.32 Å². The van der Waals surface area contributed by atoms with Crippen molar-refractivity contribution in [2.24, 2.45) is 11.3 Å². The summed E-state index contributed by atoms with van der Waals surface area (Å²) in [4.78, 5) is 19.6. The van der Waals surface area contributed by atoms with E-state index in [1.54, 1.807) is 11.0 Å². The maximum absolute atomic E-state index is 13.8. The third kappa shape index (κ3) is 4.42. The van der Waals surface area contributed by atoms with Crippen LogP contribution in [-0.2, 0) is 30.5 Å². The van der Waals surface area contributed by atoms with Gasteiger partial charge in [0.25, 0.3) is 0 Å². The minimum Gasteiger partial charge on any atom is -0.337 e. The number of hydrogen-bond acceptors (Lipinski definition) is 3. The first-order chi connectivity index (χ1) is 16.2. The van der Waals surface area contributed by atoms with E-state index in [0.29, 0.717) is 46.7 Å². The highest BCUT2D eigenvalue weighted by molar-refractivity contribution is 6.42. The molecule has 3 aliphatic rings. The highest BCUT2D eigenvalue weighted by atomic mass is 35.5. The lowest BCUT2D eigenvalue weighted by molar-refractivity contribution is -0.144. The molecule has 182 valence electrons. The SMILES string of the molecule is O=C(N1CCc2ncc(C(F)(F)F)cc2C1)C12CCCC1CC(NCc1ccc(Cl)c(Cl)c1)C2. The lowest BCUT2D eigenvalue weighted by Crippen LogP contribution is -2.46. The molecule has 1 aliphatic heterocycles. The molecule has 0 spiro atoms. The van der Waals surface area contributed by atoms with E-state index in [9.17, 15) is 18.0 Å². The minimum absolute atomic E-state index is 0.0944. The number of benzene rings is 1. The molecule has 0 radical (unpaired) electrons. The van der Waals surface area contributed by atoms with Gasteiger partial charge >= 0.3 is 6.18 Å². The van der Waals surface area contributed by atoms with Gasteiger partial charge in [-0.15, -0.1) is 0 Å². The molecule has 2 aromatic rings. The Labute approximate surface area is 206 Å². The molecule has 4 nitrogen and oxygen atoms in total. The molecule has 1 amide bonds. The zero-order valence-corrected chi connectivity index (χ0v) is 20.1. The first kappa shape index (κ1) is 23.9. The molecule has 0 bridgehead atoms. The molecule has 9 heteroatoms. The summed E-state index contributed by atoms with van der Waals surface area (Å²) in [6.45, 7) is 1.34. The number of hydrogen-bond donors (Lipinski definition) is 1. The van der Waals surface area contributed by atoms with Gasteiger partial charge in [-0.2, -0.15) is 13.2 Å². The molecule has 1 aromatic carbocycles. The van der Waals surface area contributed by atoms with Crippen LogP contribution in [0.25, 0.3) is 0 Å². The molecular weight excluding hydrogens is 486 g/mol. The van der Waals surface area contributed by atoms with Crippen molar-refractivity contribution >= 4 is 29.1 Å². The molecule has 5 rings (SSSR count). The highest BCUT2D eigenvalue weighted by Gasteiger charge is 2.56. The van der Waals surface area contributed by atoms with Gasteiger partial charge in [-0.05, 0) is 60.9 Å². The number of nitrogens with zero attached hydrogens (tertiary/aromatic N) is 2. The minimum atomic E-state index is -4.44. The molecule has 2 aliphatic carbocycles. The first-order valence-corrected chi connectivity index (χ1v) is 12.4. The van der Waals surface area contributed by atoms with Gasteiger partial charge in [0.15, 0.2) is 0 Å². The fourth-order valence-electron chi connectivity index (χ4n) is 6.13. The van der Waals surface area contributed by atoms with E-state index in [1.807, 2.05) is 12.1 Å². The van der Waals surface area contributed by atoms with Gasteiger partial charge < -0.3 is 10.2 Å². The zero-order valence-electron chi connectivity index (χ0n) is 18.6. The van der Waals surface area contributed by atoms with Crippen LogP contribution in [0.4, 0.5) is 13.2 Å². The van der Waals surface area contributed by atoms with Crippen molar-refractivity contribution in [3.05, 3.63) is 62.9 Å². The lowest BCUT2D eigenvalue weighted by atomic mass is 9.78. The van der Waals surface area contributed by atoms with E-state index in [0.717, 1.165) is 49.9 Å². The van der Waals surface area contributed by atoms with Crippen molar-refractivity contribution in [1.29, 1.82) is 0 Å². The van der Waals surface area contributed by atoms with Gasteiger partial charge in [-0.3, -0.25) is 9.78 Å². The normalized spacial score (nSPS) is 26.4. The Morgan fingerprint density at radius 3 is 2.82 bits per heavy atom. The monoisotopic (exact) mass is 511 g/mol. The van der Waals surface area contributed by atoms with E-state index in [-0.39, 0.29) is 18.5 Å². The van der Waals surface area contributed by atoms with Crippen molar-refractivity contribution in [2.75, 3.05) is 6.54 Å². The Hall–Kier alpha value is -1.83. The number of fused-ring (bicyclic) bond motifs is 2. The number of nitrogens with one attached hydrogen (secondary N) is 1. The number of alkyl halides is 3. The Morgan fingerprint density at radius 1 is 1.24 bits per heavy atom. The second-order valence-corrected chi connectivity index (χ2v) is 10.6. The van der Waals surface area contributed by atoms with E-state index >= 15 is 0 Å². The summed E-state index contributed by atoms with van der Waals surface area (Å²) in [5, 5.41) is 4.63. The Morgan fingerprint density at radius 2 is 2.06 bits per heavy atom. The summed E-state index contributed by atoms with van der Waals surface area (Å²) >= 11 is 12.1. The van der Waals surface area contributed by atoms with Gasteiger partial charge in [0, 0.05) is 44.0 Å². The molecular formula is C25H26Cl2F3N3O. The third-order valence-electron chi connectivity index (χ3n) is 7.80. The van der Waals surface area contributed by atoms with Gasteiger partial charge in [-0.1, -0.05) is 35.7 Å². The predicted molar refractivity (Wildman–Crippen MR) is 124 cm³/mol. The summed E-state index contributed by atoms with van der Waals surface area (Å²) in [5.41, 5.74) is 1.01. The van der Waals surface area contributed by atoms with Crippen LogP contribution in [0.1, 0.15) is 54.5 Å². The maximum atomic E-state index is 13.8. The van der Waals surface area contributed by atoms with Crippen LogP contribution >= 0.6 is 23.2 Å². The van der Waals surface area contributed by atoms with E-state index in [4.69, 9.17) is 23.2 Å². The number of amides is 1. The standard InChI is InChI=1S/C25H26Cl2F3N3O/c26-20-4-3-15(8-21(20)27)12-31-19-10-17-2-1-6-24(17,11-19)23(34)33-7-5-22-16(14-33)9-18(13-32-22)25(28,29)30/h3-4,8-9,13,17,19,31H,1-2,5-7,10-12,14H2. The van der Waals surface area contributed by atoms with Crippen LogP contribution in [0, 0.1) is 11.3 Å². The topological polar surface area (TPSA) is 45.2 Å². The Bertz CT molecular complexity index is 1110. The van der Waals surface area contributed by atoms with Gasteiger partial charge in [0.2, 0.25) is 5.91 Å². The summed E-state index contributed by atoms with van der Waals surface area (Å²) in [6.07, 6.45) is 1.48. The van der Waals surface area contributed by atoms with Crippen molar-refractivity contribution in [3.63, 3.8) is 0 Å². The molecule has 3 unspecified atom stereocenters. The Kier molecular flexibility index (Phi) is 6.32. The molecule has 34 heavy (non-hydrogen) atoms. The Balaban J connectivity index is 1.29. The van der Waals surface area contributed by atoms with E-state index in [2.05, 4.69) is 10.3 Å². The van der Waals surface area contributed by atoms with Crippen molar-refractivity contribution in [3.8, 4) is 0 Å². The summed E-state index contributed by atoms with van der Waals surface area (Å²) in [5.74, 6) is 0.393. The van der Waals surface area contributed by atoms with E-state index < -0.39 is 17.2 Å². The van der Waals surface area contributed by atoms with Gasteiger partial charge in [0.05, 0.1) is 21.0 Å². The smallest absolute Gasteiger partial charge is 0.337 e. The van der Waals surface area contributed by atoms with Crippen molar-refractivity contribution in [2.45, 2.75) is 63.8 Å².